The topological polar surface area (TPSA) is 76.1 Å². The van der Waals surface area contributed by atoms with Crippen LogP contribution in [0.2, 0.25) is 12.6 Å². The van der Waals surface area contributed by atoms with Gasteiger partial charge in [-0.2, -0.15) is 5.26 Å². The van der Waals surface area contributed by atoms with Crippen molar-refractivity contribution in [3.63, 3.8) is 0 Å². The molecule has 2 N–H and O–H groups in total. The van der Waals surface area contributed by atoms with Gasteiger partial charge < -0.3 is 10.4 Å². The summed E-state index contributed by atoms with van der Waals surface area (Å²) in [6, 6.07) is 1.93. The summed E-state index contributed by atoms with van der Waals surface area (Å²) in [5.74, 6) is -0.488. The highest BCUT2D eigenvalue weighted by Crippen LogP contribution is 2.22. The predicted molar refractivity (Wildman–Crippen MR) is 39.6 cm³/mol. The van der Waals surface area contributed by atoms with Gasteiger partial charge in [-0.25, -0.2) is 0 Å². The van der Waals surface area contributed by atoms with Crippen LogP contribution in [0, 0.1) is 17.2 Å². The molecule has 58 valence electrons. The van der Waals surface area contributed by atoms with E-state index in [0.717, 1.165) is 0 Å². The van der Waals surface area contributed by atoms with Crippen LogP contribution < -0.4 is 5.73 Å². The molecule has 0 aliphatic carbocycles. The zero-order chi connectivity index (χ0) is 8.27. The Bertz CT molecular complexity index is 201. The molecule has 0 spiro atoms. The SMILES string of the molecule is N#CC1CB(OCN)CC1=O. The lowest BCUT2D eigenvalue weighted by Gasteiger charge is -2.01. The number of ketones is 1. The van der Waals surface area contributed by atoms with E-state index in [0.29, 0.717) is 12.6 Å². The highest BCUT2D eigenvalue weighted by atomic mass is 16.4. The molecule has 0 aromatic rings. The van der Waals surface area contributed by atoms with Gasteiger partial charge in [0.2, 0.25) is 0 Å². The average Bonchev–Trinajstić information content (AvgIpc) is 2.32. The van der Waals surface area contributed by atoms with Gasteiger partial charge >= 0.3 is 6.92 Å². The van der Waals surface area contributed by atoms with Gasteiger partial charge in [0.05, 0.1) is 12.8 Å². The molecule has 1 heterocycles. The van der Waals surface area contributed by atoms with Crippen molar-refractivity contribution in [1.29, 1.82) is 5.26 Å². The summed E-state index contributed by atoms with van der Waals surface area (Å²) in [4.78, 5) is 10.9. The van der Waals surface area contributed by atoms with Crippen molar-refractivity contribution in [2.45, 2.75) is 12.6 Å². The summed E-state index contributed by atoms with van der Waals surface area (Å²) in [7, 11) is 0. The second-order valence-corrected chi connectivity index (χ2v) is 2.54. The summed E-state index contributed by atoms with van der Waals surface area (Å²) < 4.78 is 5.01. The molecule has 1 saturated heterocycles. The molecule has 5 heteroatoms. The van der Waals surface area contributed by atoms with Crippen LogP contribution in [0.3, 0.4) is 0 Å². The van der Waals surface area contributed by atoms with Crippen LogP contribution in [0.4, 0.5) is 0 Å². The standard InChI is InChI=1S/C6H9BN2O2/c8-3-5-1-7(11-4-9)2-6(5)10/h5H,1-2,4,9H2. The van der Waals surface area contributed by atoms with E-state index in [1.807, 2.05) is 6.07 Å². The molecule has 1 aliphatic heterocycles. The fraction of sp³-hybridized carbons (Fsp3) is 0.667. The summed E-state index contributed by atoms with van der Waals surface area (Å²) in [5, 5.41) is 8.46. The smallest absolute Gasteiger partial charge is 0.303 e. The van der Waals surface area contributed by atoms with Crippen molar-refractivity contribution in [2.24, 2.45) is 11.7 Å². The Morgan fingerprint density at radius 2 is 2.64 bits per heavy atom. The number of carbonyl (C=O) groups is 1. The number of nitrogens with zero attached hydrogens (tertiary/aromatic N) is 1. The largest absolute Gasteiger partial charge is 0.423 e. The Hall–Kier alpha value is -0.855. The normalized spacial score (nSPS) is 23.8. The van der Waals surface area contributed by atoms with Crippen molar-refractivity contribution in [2.75, 3.05) is 6.73 Å². The highest BCUT2D eigenvalue weighted by Gasteiger charge is 2.36. The summed E-state index contributed by atoms with van der Waals surface area (Å²) >= 11 is 0. The van der Waals surface area contributed by atoms with Gasteiger partial charge in [0, 0.05) is 6.32 Å². The van der Waals surface area contributed by atoms with Crippen molar-refractivity contribution < 1.29 is 9.45 Å². The molecule has 1 aliphatic rings. The van der Waals surface area contributed by atoms with E-state index in [2.05, 4.69) is 0 Å². The molecule has 0 radical (unpaired) electrons. The van der Waals surface area contributed by atoms with Gasteiger partial charge in [0.15, 0.2) is 0 Å². The van der Waals surface area contributed by atoms with E-state index in [-0.39, 0.29) is 19.4 Å². The molecule has 0 amide bonds. The lowest BCUT2D eigenvalue weighted by Crippen LogP contribution is -2.18. The minimum Gasteiger partial charge on any atom is -0.423 e. The average molecular weight is 152 g/mol. The highest BCUT2D eigenvalue weighted by molar-refractivity contribution is 6.59. The van der Waals surface area contributed by atoms with Gasteiger partial charge in [-0.1, -0.05) is 0 Å². The number of hydrogen-bond donors (Lipinski definition) is 1. The van der Waals surface area contributed by atoms with E-state index < -0.39 is 5.92 Å². The third kappa shape index (κ3) is 1.79. The zero-order valence-corrected chi connectivity index (χ0v) is 6.12. The van der Waals surface area contributed by atoms with Crippen LogP contribution in [0.1, 0.15) is 0 Å². The number of nitriles is 1. The Morgan fingerprint density at radius 3 is 3.09 bits per heavy atom. The molecular weight excluding hydrogens is 143 g/mol. The summed E-state index contributed by atoms with van der Waals surface area (Å²) in [5.41, 5.74) is 5.12. The lowest BCUT2D eigenvalue weighted by atomic mass is 9.66. The Labute approximate surface area is 65.4 Å². The second kappa shape index (κ2) is 3.51. The molecule has 0 aromatic heterocycles. The fourth-order valence-electron chi connectivity index (χ4n) is 1.23. The predicted octanol–water partition coefficient (Wildman–Crippen LogP) is -0.367. The van der Waals surface area contributed by atoms with E-state index in [1.54, 1.807) is 0 Å². The van der Waals surface area contributed by atoms with E-state index in [9.17, 15) is 4.79 Å². The molecule has 0 bridgehead atoms. The molecule has 11 heavy (non-hydrogen) atoms. The van der Waals surface area contributed by atoms with Gasteiger partial charge in [-0.3, -0.25) is 4.79 Å². The summed E-state index contributed by atoms with van der Waals surface area (Å²) in [6.45, 7) is -0.00651. The quantitative estimate of drug-likeness (QED) is 0.432. The number of nitrogens with two attached hydrogens (primary N) is 1. The number of rotatable bonds is 2. The molecule has 1 atom stereocenters. The second-order valence-electron chi connectivity index (χ2n) is 2.54. The molecule has 4 nitrogen and oxygen atoms in total. The molecule has 0 saturated carbocycles. The molecular formula is C6H9BN2O2. The molecule has 1 unspecified atom stereocenters. The van der Waals surface area contributed by atoms with E-state index in [1.165, 1.54) is 0 Å². The van der Waals surface area contributed by atoms with Crippen LogP contribution in [0.25, 0.3) is 0 Å². The van der Waals surface area contributed by atoms with Gasteiger partial charge in [0.1, 0.15) is 11.7 Å². The molecule has 1 fully saturated rings. The van der Waals surface area contributed by atoms with Gasteiger partial charge in [-0.15, -0.1) is 0 Å². The maximum Gasteiger partial charge on any atom is 0.303 e. The molecule has 1 rings (SSSR count). The third-order valence-electron chi connectivity index (χ3n) is 1.80. The zero-order valence-electron chi connectivity index (χ0n) is 6.12. The Kier molecular flexibility index (Phi) is 2.63. The van der Waals surface area contributed by atoms with Gasteiger partial charge in [0.25, 0.3) is 0 Å². The van der Waals surface area contributed by atoms with Crippen LogP contribution >= 0.6 is 0 Å². The van der Waals surface area contributed by atoms with E-state index >= 15 is 0 Å². The van der Waals surface area contributed by atoms with Crippen molar-refractivity contribution in [1.82, 2.24) is 0 Å². The van der Waals surface area contributed by atoms with E-state index in [4.69, 9.17) is 15.6 Å². The van der Waals surface area contributed by atoms with Gasteiger partial charge in [-0.05, 0) is 6.32 Å². The first-order chi connectivity index (χ1) is 5.27. The lowest BCUT2D eigenvalue weighted by molar-refractivity contribution is -0.118. The third-order valence-corrected chi connectivity index (χ3v) is 1.80. The van der Waals surface area contributed by atoms with Crippen LogP contribution in [0.5, 0.6) is 0 Å². The van der Waals surface area contributed by atoms with Crippen LogP contribution in [-0.4, -0.2) is 19.4 Å². The monoisotopic (exact) mass is 152 g/mol. The minimum absolute atomic E-state index is 0.0223. The number of hydrogen-bond acceptors (Lipinski definition) is 4. The fourth-order valence-corrected chi connectivity index (χ4v) is 1.23. The maximum atomic E-state index is 10.9. The molecule has 0 aromatic carbocycles. The minimum atomic E-state index is -0.466. The summed E-state index contributed by atoms with van der Waals surface area (Å²) in [6.07, 6.45) is 0.849. The Balaban J connectivity index is 2.44. The van der Waals surface area contributed by atoms with Crippen LogP contribution in [-0.2, 0) is 9.45 Å². The first-order valence-corrected chi connectivity index (χ1v) is 3.52. The number of carbonyl (C=O) groups excluding carboxylic acids is 1. The maximum absolute atomic E-state index is 10.9. The Morgan fingerprint density at radius 1 is 1.91 bits per heavy atom. The van der Waals surface area contributed by atoms with Crippen LogP contribution in [0.15, 0.2) is 0 Å². The van der Waals surface area contributed by atoms with Crippen molar-refractivity contribution >= 4 is 12.7 Å². The van der Waals surface area contributed by atoms with Crippen molar-refractivity contribution in [3.8, 4) is 6.07 Å². The first kappa shape index (κ1) is 8.24. The number of Topliss-reactive ketones (excluding diaryl/α,β-unsaturated/α-hetero) is 1. The first-order valence-electron chi connectivity index (χ1n) is 3.52. The van der Waals surface area contributed by atoms with Crippen molar-refractivity contribution in [3.05, 3.63) is 0 Å².